The number of methoxy groups -OCH3 is 1. The van der Waals surface area contributed by atoms with Crippen molar-refractivity contribution in [1.82, 2.24) is 4.90 Å². The van der Waals surface area contributed by atoms with Crippen LogP contribution in [-0.4, -0.2) is 74.1 Å². The van der Waals surface area contributed by atoms with Crippen LogP contribution in [0.1, 0.15) is 60.3 Å². The fourth-order valence-corrected chi connectivity index (χ4v) is 5.41. The summed E-state index contributed by atoms with van der Waals surface area (Å²) >= 11 is 0. The number of allylic oxidation sites excluding steroid dienone is 1. The highest BCUT2D eigenvalue weighted by atomic mass is 16.6. The number of hydrogen-bond donors (Lipinski definition) is 0. The maximum atomic E-state index is 12.9. The highest BCUT2D eigenvalue weighted by molar-refractivity contribution is 5.83. The molecule has 1 amide bonds. The molecule has 0 N–H and O–H groups in total. The first-order chi connectivity index (χ1) is 14.9. The van der Waals surface area contributed by atoms with Gasteiger partial charge in [0.25, 0.3) is 0 Å². The second-order valence-electron chi connectivity index (χ2n) is 10.7. The maximum absolute atomic E-state index is 12.9. The Morgan fingerprint density at radius 3 is 2.41 bits per heavy atom. The average Bonchev–Trinajstić information content (AvgIpc) is 3.62. The van der Waals surface area contributed by atoms with Crippen LogP contribution < -0.4 is 0 Å². The summed E-state index contributed by atoms with van der Waals surface area (Å²) in [6.07, 6.45) is 4.06. The van der Waals surface area contributed by atoms with Gasteiger partial charge < -0.3 is 23.8 Å². The minimum absolute atomic E-state index is 0.00795. The van der Waals surface area contributed by atoms with Crippen molar-refractivity contribution in [3.63, 3.8) is 0 Å². The molecule has 2 saturated heterocycles. The zero-order valence-corrected chi connectivity index (χ0v) is 21.0. The zero-order valence-electron chi connectivity index (χ0n) is 21.0. The number of esters is 1. The molecule has 1 spiro atoms. The van der Waals surface area contributed by atoms with Crippen molar-refractivity contribution in [1.29, 1.82) is 0 Å². The minimum atomic E-state index is -0.395. The highest BCUT2D eigenvalue weighted by Crippen LogP contribution is 2.59. The zero-order chi connectivity index (χ0) is 23.8. The number of epoxide rings is 2. The Labute approximate surface area is 192 Å². The van der Waals surface area contributed by atoms with E-state index in [4.69, 9.17) is 18.9 Å². The van der Waals surface area contributed by atoms with E-state index in [-0.39, 0.29) is 59.6 Å². The standard InChI is InChI=1S/C25H41NO6/c1-15(2)9-10-19-24(5,32-19)22-21(29-8)18(11-12-25(22)14-30-25)31-20(27)13-17(16(3)4)23(28)26(6)7/h9,16-19,21-22H,10-14H2,1-8H3/t17?,18-,19-,21?,22-,24+,25?/m1/s1. The number of carbonyl (C=O) groups excluding carboxylic acids is 2. The second kappa shape index (κ2) is 9.43. The number of nitrogens with zero attached hydrogens (tertiary/aromatic N) is 1. The van der Waals surface area contributed by atoms with Gasteiger partial charge in [0.05, 0.1) is 31.0 Å². The van der Waals surface area contributed by atoms with Crippen LogP contribution >= 0.6 is 0 Å². The van der Waals surface area contributed by atoms with Gasteiger partial charge in [0.1, 0.15) is 23.4 Å². The van der Waals surface area contributed by atoms with Gasteiger partial charge >= 0.3 is 5.97 Å². The van der Waals surface area contributed by atoms with Gasteiger partial charge in [-0.1, -0.05) is 25.5 Å². The van der Waals surface area contributed by atoms with Crippen LogP contribution in [0.5, 0.6) is 0 Å². The Morgan fingerprint density at radius 1 is 1.25 bits per heavy atom. The number of ether oxygens (including phenoxy) is 4. The molecule has 182 valence electrons. The van der Waals surface area contributed by atoms with Crippen LogP contribution in [0.4, 0.5) is 0 Å². The van der Waals surface area contributed by atoms with Crippen molar-refractivity contribution in [2.24, 2.45) is 17.8 Å². The van der Waals surface area contributed by atoms with E-state index in [1.165, 1.54) is 5.57 Å². The van der Waals surface area contributed by atoms with Gasteiger partial charge in [0.15, 0.2) is 0 Å². The predicted molar refractivity (Wildman–Crippen MR) is 121 cm³/mol. The number of rotatable bonds is 9. The third kappa shape index (κ3) is 5.05. The van der Waals surface area contributed by atoms with Gasteiger partial charge in [0, 0.05) is 21.2 Å². The van der Waals surface area contributed by atoms with Crippen molar-refractivity contribution in [3.05, 3.63) is 11.6 Å². The maximum Gasteiger partial charge on any atom is 0.306 e. The van der Waals surface area contributed by atoms with Gasteiger partial charge in [-0.3, -0.25) is 9.59 Å². The molecule has 3 fully saturated rings. The molecular weight excluding hydrogens is 410 g/mol. The lowest BCUT2D eigenvalue weighted by Crippen LogP contribution is -2.55. The molecule has 7 nitrogen and oxygen atoms in total. The first-order valence-electron chi connectivity index (χ1n) is 11.8. The molecule has 7 heteroatoms. The van der Waals surface area contributed by atoms with Crippen LogP contribution in [0.15, 0.2) is 11.6 Å². The topological polar surface area (TPSA) is 80.9 Å². The number of amides is 1. The van der Waals surface area contributed by atoms with Crippen molar-refractivity contribution in [3.8, 4) is 0 Å². The fraction of sp³-hybridized carbons (Fsp3) is 0.840. The molecule has 3 aliphatic rings. The predicted octanol–water partition coefficient (Wildman–Crippen LogP) is 3.36. The van der Waals surface area contributed by atoms with E-state index in [1.54, 1.807) is 26.1 Å². The summed E-state index contributed by atoms with van der Waals surface area (Å²) in [7, 11) is 5.10. The van der Waals surface area contributed by atoms with E-state index in [9.17, 15) is 9.59 Å². The quantitative estimate of drug-likeness (QED) is 0.304. The molecule has 0 aromatic rings. The van der Waals surface area contributed by atoms with Crippen molar-refractivity contribution in [2.45, 2.75) is 89.8 Å². The first kappa shape index (κ1) is 25.2. The Hall–Kier alpha value is -1.44. The molecule has 2 aliphatic heterocycles. The average molecular weight is 452 g/mol. The van der Waals surface area contributed by atoms with Crippen LogP contribution in [-0.2, 0) is 28.5 Å². The summed E-state index contributed by atoms with van der Waals surface area (Å²) in [5.74, 6) is -0.749. The van der Waals surface area contributed by atoms with E-state index in [0.29, 0.717) is 13.0 Å². The van der Waals surface area contributed by atoms with Crippen molar-refractivity contribution in [2.75, 3.05) is 27.8 Å². The van der Waals surface area contributed by atoms with Gasteiger partial charge in [-0.2, -0.15) is 0 Å². The number of hydrogen-bond acceptors (Lipinski definition) is 6. The molecule has 0 bridgehead atoms. The van der Waals surface area contributed by atoms with E-state index in [2.05, 4.69) is 26.8 Å². The van der Waals surface area contributed by atoms with Gasteiger partial charge in [-0.05, 0) is 46.0 Å². The summed E-state index contributed by atoms with van der Waals surface area (Å²) < 4.78 is 24.1. The van der Waals surface area contributed by atoms with Gasteiger partial charge in [-0.25, -0.2) is 0 Å². The lowest BCUT2D eigenvalue weighted by molar-refractivity contribution is -0.174. The molecule has 32 heavy (non-hydrogen) atoms. The third-order valence-electron chi connectivity index (χ3n) is 7.47. The monoisotopic (exact) mass is 451 g/mol. The molecule has 1 saturated carbocycles. The van der Waals surface area contributed by atoms with Gasteiger partial charge in [0.2, 0.25) is 5.91 Å². The molecule has 7 atom stereocenters. The summed E-state index contributed by atoms with van der Waals surface area (Å²) in [6.45, 7) is 10.9. The molecule has 0 aromatic heterocycles. The van der Waals surface area contributed by atoms with Crippen molar-refractivity contribution >= 4 is 11.9 Å². The summed E-state index contributed by atoms with van der Waals surface area (Å²) in [6, 6.07) is 0. The fourth-order valence-electron chi connectivity index (χ4n) is 5.41. The molecule has 1 aliphatic carbocycles. The molecule has 3 unspecified atom stereocenters. The van der Waals surface area contributed by atoms with E-state index >= 15 is 0 Å². The Morgan fingerprint density at radius 2 is 1.91 bits per heavy atom. The SMILES string of the molecule is COC1[C@H](OC(=O)CC(C(=O)N(C)C)C(C)C)CCC2(CO2)[C@H]1[C@@]1(C)O[C@@H]1CC=C(C)C. The van der Waals surface area contributed by atoms with Crippen LogP contribution in [0.25, 0.3) is 0 Å². The lowest BCUT2D eigenvalue weighted by atomic mass is 9.68. The highest BCUT2D eigenvalue weighted by Gasteiger charge is 2.72. The summed E-state index contributed by atoms with van der Waals surface area (Å²) in [4.78, 5) is 26.9. The summed E-state index contributed by atoms with van der Waals surface area (Å²) in [5, 5.41) is 0. The molecule has 2 heterocycles. The third-order valence-corrected chi connectivity index (χ3v) is 7.47. The second-order valence-corrected chi connectivity index (χ2v) is 10.7. The summed E-state index contributed by atoms with van der Waals surface area (Å²) in [5.41, 5.74) is 0.653. The minimum Gasteiger partial charge on any atom is -0.460 e. The van der Waals surface area contributed by atoms with E-state index in [0.717, 1.165) is 12.8 Å². The van der Waals surface area contributed by atoms with Gasteiger partial charge in [-0.15, -0.1) is 0 Å². The molecule has 3 rings (SSSR count). The Balaban J connectivity index is 1.71. The van der Waals surface area contributed by atoms with Crippen LogP contribution in [0.2, 0.25) is 0 Å². The largest absolute Gasteiger partial charge is 0.460 e. The molecular formula is C25H41NO6. The lowest BCUT2D eigenvalue weighted by Gasteiger charge is -2.42. The first-order valence-corrected chi connectivity index (χ1v) is 11.8. The molecule has 0 aromatic carbocycles. The van der Waals surface area contributed by atoms with Crippen LogP contribution in [0.3, 0.4) is 0 Å². The number of carbonyl (C=O) groups is 2. The Kier molecular flexibility index (Phi) is 7.42. The van der Waals surface area contributed by atoms with Crippen molar-refractivity contribution < 1.29 is 28.5 Å². The molecule has 0 radical (unpaired) electrons. The smallest absolute Gasteiger partial charge is 0.306 e. The normalized spacial score (nSPS) is 36.5. The van der Waals surface area contributed by atoms with E-state index < -0.39 is 5.92 Å². The Bertz CT molecular complexity index is 739. The van der Waals surface area contributed by atoms with E-state index in [1.807, 2.05) is 13.8 Å². The van der Waals surface area contributed by atoms with Crippen LogP contribution in [0, 0.1) is 17.8 Å².